The predicted octanol–water partition coefficient (Wildman–Crippen LogP) is 3.20. The number of benzene rings is 1. The molecule has 0 saturated carbocycles. The molecule has 1 aromatic carbocycles. The molecule has 9 heteroatoms. The van der Waals surface area contributed by atoms with Gasteiger partial charge in [-0.15, -0.1) is 0 Å². The molecular weight excluding hydrogens is 293 g/mol. The van der Waals surface area contributed by atoms with Gasteiger partial charge >= 0.3 is 18.3 Å². The zero-order chi connectivity index (χ0) is 14.8. The van der Waals surface area contributed by atoms with E-state index >= 15 is 0 Å². The Balaban J connectivity index is 3.44. The number of methoxy groups -OCH3 is 1. The molecule has 1 rings (SSSR count). The highest BCUT2D eigenvalue weighted by Crippen LogP contribution is 2.41. The third kappa shape index (κ3) is 3.28. The minimum Gasteiger partial charge on any atom is -0.478 e. The van der Waals surface area contributed by atoms with Gasteiger partial charge in [0.25, 0.3) is 0 Å². The molecule has 19 heavy (non-hydrogen) atoms. The standard InChI is InChI=1S/C10H6ClF3O5/c1-18-9(17)19-7-4(8(15)16)2-3-5(6(7)11)10(12,13)14/h2-3H,1H3,(H,15,16). The highest BCUT2D eigenvalue weighted by Gasteiger charge is 2.36. The summed E-state index contributed by atoms with van der Waals surface area (Å²) in [6, 6.07) is 1.12. The van der Waals surface area contributed by atoms with Gasteiger partial charge in [0.2, 0.25) is 0 Å². The molecule has 0 fully saturated rings. The van der Waals surface area contributed by atoms with E-state index in [1.165, 1.54) is 0 Å². The number of hydrogen-bond donors (Lipinski definition) is 1. The molecule has 0 aromatic heterocycles. The summed E-state index contributed by atoms with van der Waals surface area (Å²) in [5.41, 5.74) is -2.01. The van der Waals surface area contributed by atoms with Gasteiger partial charge in [0.1, 0.15) is 5.56 Å². The maximum atomic E-state index is 12.6. The van der Waals surface area contributed by atoms with Gasteiger partial charge in [-0.2, -0.15) is 13.2 Å². The van der Waals surface area contributed by atoms with E-state index in [-0.39, 0.29) is 0 Å². The summed E-state index contributed by atoms with van der Waals surface area (Å²) in [6.45, 7) is 0. The smallest absolute Gasteiger partial charge is 0.478 e. The van der Waals surface area contributed by atoms with E-state index < -0.39 is 40.2 Å². The number of ether oxygens (including phenoxy) is 2. The average molecular weight is 299 g/mol. The first kappa shape index (κ1) is 15.1. The Bertz CT molecular complexity index is 527. The van der Waals surface area contributed by atoms with Crippen LogP contribution in [0.5, 0.6) is 5.75 Å². The highest BCUT2D eigenvalue weighted by molar-refractivity contribution is 6.33. The first-order chi connectivity index (χ1) is 8.68. The molecule has 0 aliphatic heterocycles. The summed E-state index contributed by atoms with van der Waals surface area (Å²) in [4.78, 5) is 21.7. The van der Waals surface area contributed by atoms with Gasteiger partial charge in [-0.1, -0.05) is 11.6 Å². The van der Waals surface area contributed by atoms with Gasteiger partial charge in [-0.25, -0.2) is 9.59 Å². The van der Waals surface area contributed by atoms with Gasteiger partial charge in [0.05, 0.1) is 17.7 Å². The second kappa shape index (κ2) is 5.35. The Kier molecular flexibility index (Phi) is 4.25. The molecule has 0 bridgehead atoms. The summed E-state index contributed by atoms with van der Waals surface area (Å²) in [6.07, 6.45) is -6.20. The molecule has 104 valence electrons. The Morgan fingerprint density at radius 2 is 1.89 bits per heavy atom. The van der Waals surface area contributed by atoms with Crippen LogP contribution >= 0.6 is 11.6 Å². The maximum Gasteiger partial charge on any atom is 0.513 e. The quantitative estimate of drug-likeness (QED) is 0.670. The molecule has 0 heterocycles. The van der Waals surface area contributed by atoms with Crippen LogP contribution in [-0.2, 0) is 10.9 Å². The fourth-order valence-electron chi connectivity index (χ4n) is 1.17. The van der Waals surface area contributed by atoms with E-state index in [9.17, 15) is 22.8 Å². The van der Waals surface area contributed by atoms with E-state index in [1.807, 2.05) is 0 Å². The van der Waals surface area contributed by atoms with Gasteiger partial charge < -0.3 is 14.6 Å². The Morgan fingerprint density at radius 3 is 2.32 bits per heavy atom. The van der Waals surface area contributed by atoms with Gasteiger partial charge in [-0.05, 0) is 12.1 Å². The molecule has 0 aliphatic rings. The summed E-state index contributed by atoms with van der Waals surface area (Å²) in [7, 11) is 0.907. The molecule has 0 unspecified atom stereocenters. The zero-order valence-electron chi connectivity index (χ0n) is 9.25. The number of hydrogen-bond acceptors (Lipinski definition) is 4. The van der Waals surface area contributed by atoms with Crippen LogP contribution in [0.3, 0.4) is 0 Å². The van der Waals surface area contributed by atoms with Crippen LogP contribution in [0.4, 0.5) is 18.0 Å². The van der Waals surface area contributed by atoms with Crippen molar-refractivity contribution in [2.45, 2.75) is 6.18 Å². The maximum absolute atomic E-state index is 12.6. The van der Waals surface area contributed by atoms with E-state index in [4.69, 9.17) is 16.7 Å². The minimum atomic E-state index is -4.82. The van der Waals surface area contributed by atoms with Crippen molar-refractivity contribution in [2.75, 3.05) is 7.11 Å². The lowest BCUT2D eigenvalue weighted by Crippen LogP contribution is -2.14. The zero-order valence-corrected chi connectivity index (χ0v) is 10.0. The lowest BCUT2D eigenvalue weighted by molar-refractivity contribution is -0.137. The summed E-state index contributed by atoms with van der Waals surface area (Å²) in [5.74, 6) is -2.52. The second-order valence-corrected chi connectivity index (χ2v) is 3.54. The van der Waals surface area contributed by atoms with Gasteiger partial charge in [0, 0.05) is 0 Å². The molecule has 0 atom stereocenters. The van der Waals surface area contributed by atoms with Crippen molar-refractivity contribution < 1.29 is 37.3 Å². The van der Waals surface area contributed by atoms with E-state index in [2.05, 4.69) is 9.47 Å². The number of carboxylic acids is 1. The lowest BCUT2D eigenvalue weighted by Gasteiger charge is -2.13. The summed E-state index contributed by atoms with van der Waals surface area (Å²) >= 11 is 5.43. The molecule has 1 N–H and O–H groups in total. The molecule has 1 aromatic rings. The molecule has 0 spiro atoms. The van der Waals surface area contributed by atoms with Crippen molar-refractivity contribution in [3.05, 3.63) is 28.3 Å². The molecule has 0 amide bonds. The average Bonchev–Trinajstić information content (AvgIpc) is 2.29. The number of alkyl halides is 3. The van der Waals surface area contributed by atoms with E-state index in [0.29, 0.717) is 12.1 Å². The molecule has 5 nitrogen and oxygen atoms in total. The van der Waals surface area contributed by atoms with Crippen LogP contribution in [0.2, 0.25) is 5.02 Å². The molecule has 0 radical (unpaired) electrons. The molecule has 0 aliphatic carbocycles. The van der Waals surface area contributed by atoms with Crippen molar-refractivity contribution in [2.24, 2.45) is 0 Å². The number of halogens is 4. The SMILES string of the molecule is COC(=O)Oc1c(C(=O)O)ccc(C(F)(F)F)c1Cl. The van der Waals surface area contributed by atoms with Crippen LogP contribution in [0.25, 0.3) is 0 Å². The Hall–Kier alpha value is -1.96. The van der Waals surface area contributed by atoms with Crippen molar-refractivity contribution in [1.82, 2.24) is 0 Å². The van der Waals surface area contributed by atoms with Crippen LogP contribution in [-0.4, -0.2) is 24.3 Å². The van der Waals surface area contributed by atoms with Crippen molar-refractivity contribution in [3.8, 4) is 5.75 Å². The number of aromatic carboxylic acids is 1. The van der Waals surface area contributed by atoms with Crippen LogP contribution in [0.15, 0.2) is 12.1 Å². The van der Waals surface area contributed by atoms with Gasteiger partial charge in [0.15, 0.2) is 5.75 Å². The Labute approximate surface area is 109 Å². The molecular formula is C10H6ClF3O5. The molecule has 0 saturated heterocycles. The largest absolute Gasteiger partial charge is 0.513 e. The van der Waals surface area contributed by atoms with E-state index in [1.54, 1.807) is 0 Å². The fraction of sp³-hybridized carbons (Fsp3) is 0.200. The van der Waals surface area contributed by atoms with Crippen LogP contribution in [0.1, 0.15) is 15.9 Å². The first-order valence-electron chi connectivity index (χ1n) is 4.57. The number of rotatable bonds is 2. The first-order valence-corrected chi connectivity index (χ1v) is 4.95. The minimum absolute atomic E-state index is 0.482. The van der Waals surface area contributed by atoms with E-state index in [0.717, 1.165) is 7.11 Å². The second-order valence-electron chi connectivity index (χ2n) is 3.16. The van der Waals surface area contributed by atoms with Crippen molar-refractivity contribution in [3.63, 3.8) is 0 Å². The normalized spacial score (nSPS) is 11.0. The summed E-state index contributed by atoms with van der Waals surface area (Å²) in [5, 5.41) is 7.77. The topological polar surface area (TPSA) is 72.8 Å². The van der Waals surface area contributed by atoms with Crippen LogP contribution < -0.4 is 4.74 Å². The third-order valence-corrected chi connectivity index (χ3v) is 2.36. The van der Waals surface area contributed by atoms with Crippen LogP contribution in [0, 0.1) is 0 Å². The predicted molar refractivity (Wildman–Crippen MR) is 56.4 cm³/mol. The third-order valence-electron chi connectivity index (χ3n) is 1.98. The number of carboxylic acid groups (broad SMARTS) is 1. The lowest BCUT2D eigenvalue weighted by atomic mass is 10.1. The number of carbonyl (C=O) groups excluding carboxylic acids is 1. The van der Waals surface area contributed by atoms with Gasteiger partial charge in [-0.3, -0.25) is 0 Å². The van der Waals surface area contributed by atoms with Crippen molar-refractivity contribution in [1.29, 1.82) is 0 Å². The Morgan fingerprint density at radius 1 is 1.32 bits per heavy atom. The highest BCUT2D eigenvalue weighted by atomic mass is 35.5. The fourth-order valence-corrected chi connectivity index (χ4v) is 1.48. The monoisotopic (exact) mass is 298 g/mol. The number of carbonyl (C=O) groups is 2. The summed E-state index contributed by atoms with van der Waals surface area (Å²) < 4.78 is 46.2. The van der Waals surface area contributed by atoms with Crippen molar-refractivity contribution >= 4 is 23.7 Å².